The van der Waals surface area contributed by atoms with Gasteiger partial charge in [-0.3, -0.25) is 9.59 Å². The average molecular weight is 388 g/mol. The molecule has 1 aromatic heterocycles. The Labute approximate surface area is 165 Å². The minimum absolute atomic E-state index is 0.0735. The first-order valence-corrected chi connectivity index (χ1v) is 10.1. The van der Waals surface area contributed by atoms with Crippen LogP contribution in [0.5, 0.6) is 0 Å². The zero-order chi connectivity index (χ0) is 20.0. The fourth-order valence-corrected chi connectivity index (χ4v) is 3.85. The standard InChI is InChI=1S/C21H29N3O2S/c1-14(2)12-24(5)19-8-15(3)6-7-16(19)9-18(25)11-21-23-17(13-27-21)10-20(26)22-4/h6-8,13-14H,9-12H2,1-5H3,(H,22,26). The van der Waals surface area contributed by atoms with Crippen molar-refractivity contribution < 1.29 is 9.59 Å². The Kier molecular flexibility index (Phi) is 7.54. The van der Waals surface area contributed by atoms with Crippen LogP contribution < -0.4 is 10.2 Å². The van der Waals surface area contributed by atoms with Crippen molar-refractivity contribution in [3.05, 3.63) is 45.4 Å². The molecule has 0 aliphatic rings. The van der Waals surface area contributed by atoms with Gasteiger partial charge in [-0.1, -0.05) is 26.0 Å². The van der Waals surface area contributed by atoms with Crippen LogP contribution in [0.2, 0.25) is 0 Å². The minimum atomic E-state index is -0.0735. The first-order valence-electron chi connectivity index (χ1n) is 9.24. The highest BCUT2D eigenvalue weighted by molar-refractivity contribution is 7.09. The van der Waals surface area contributed by atoms with Crippen molar-refractivity contribution in [3.63, 3.8) is 0 Å². The van der Waals surface area contributed by atoms with E-state index in [2.05, 4.69) is 61.2 Å². The number of anilines is 1. The fraction of sp³-hybridized carbons (Fsp3) is 0.476. The third kappa shape index (κ3) is 6.47. The summed E-state index contributed by atoms with van der Waals surface area (Å²) in [7, 11) is 3.68. The number of carbonyl (C=O) groups excluding carboxylic acids is 2. The zero-order valence-electron chi connectivity index (χ0n) is 16.8. The number of nitrogens with zero attached hydrogens (tertiary/aromatic N) is 2. The summed E-state index contributed by atoms with van der Waals surface area (Å²) in [4.78, 5) is 30.7. The molecule has 0 unspecified atom stereocenters. The van der Waals surface area contributed by atoms with E-state index in [0.717, 1.165) is 28.5 Å². The first kappa shape index (κ1) is 21.1. The first-order chi connectivity index (χ1) is 12.8. The molecule has 0 spiro atoms. The molecule has 2 aromatic rings. The molecule has 27 heavy (non-hydrogen) atoms. The largest absolute Gasteiger partial charge is 0.374 e. The summed E-state index contributed by atoms with van der Waals surface area (Å²) in [5, 5.41) is 5.20. The molecule has 0 saturated carbocycles. The maximum atomic E-state index is 12.6. The molecule has 5 nitrogen and oxygen atoms in total. The molecule has 6 heteroatoms. The van der Waals surface area contributed by atoms with Crippen LogP contribution in [0.4, 0.5) is 5.69 Å². The lowest BCUT2D eigenvalue weighted by Crippen LogP contribution is -2.24. The molecule has 0 atom stereocenters. The molecule has 1 heterocycles. The van der Waals surface area contributed by atoms with Crippen LogP contribution in [0.1, 0.15) is 35.7 Å². The normalized spacial score (nSPS) is 10.9. The molecule has 146 valence electrons. The van der Waals surface area contributed by atoms with Gasteiger partial charge in [-0.25, -0.2) is 4.98 Å². The Morgan fingerprint density at radius 2 is 1.96 bits per heavy atom. The number of aromatic nitrogens is 1. The van der Waals surface area contributed by atoms with E-state index in [0.29, 0.717) is 18.8 Å². The van der Waals surface area contributed by atoms with E-state index in [9.17, 15) is 9.59 Å². The minimum Gasteiger partial charge on any atom is -0.374 e. The molecule has 0 bridgehead atoms. The number of Topliss-reactive ketones (excluding diaryl/α,β-unsaturated/α-hetero) is 1. The number of aryl methyl sites for hydroxylation is 1. The van der Waals surface area contributed by atoms with Crippen molar-refractivity contribution in [3.8, 4) is 0 Å². The SMILES string of the molecule is CNC(=O)Cc1csc(CC(=O)Cc2ccc(C)cc2N(C)CC(C)C)n1. The predicted molar refractivity (Wildman–Crippen MR) is 112 cm³/mol. The summed E-state index contributed by atoms with van der Waals surface area (Å²) >= 11 is 1.44. The number of rotatable bonds is 9. The summed E-state index contributed by atoms with van der Waals surface area (Å²) in [6, 6.07) is 6.26. The number of likely N-dealkylation sites (N-methyl/N-ethyl adjacent to an activating group) is 1. The van der Waals surface area contributed by atoms with Crippen LogP contribution in [0.3, 0.4) is 0 Å². The second-order valence-corrected chi connectivity index (χ2v) is 8.32. The van der Waals surface area contributed by atoms with Gasteiger partial charge in [0.2, 0.25) is 5.91 Å². The molecule has 1 amide bonds. The Morgan fingerprint density at radius 1 is 1.22 bits per heavy atom. The second kappa shape index (κ2) is 9.65. The lowest BCUT2D eigenvalue weighted by Gasteiger charge is -2.24. The van der Waals surface area contributed by atoms with E-state index in [1.807, 2.05) is 5.38 Å². The Bertz CT molecular complexity index is 798. The second-order valence-electron chi connectivity index (χ2n) is 7.38. The summed E-state index contributed by atoms with van der Waals surface area (Å²) in [5.41, 5.74) is 4.08. The van der Waals surface area contributed by atoms with E-state index in [4.69, 9.17) is 0 Å². The molecular weight excluding hydrogens is 358 g/mol. The van der Waals surface area contributed by atoms with Crippen LogP contribution in [0.15, 0.2) is 23.6 Å². The van der Waals surface area contributed by atoms with Gasteiger partial charge in [0.05, 0.1) is 18.5 Å². The smallest absolute Gasteiger partial charge is 0.225 e. The number of amides is 1. The van der Waals surface area contributed by atoms with Crippen molar-refractivity contribution in [2.45, 2.75) is 40.0 Å². The van der Waals surface area contributed by atoms with Gasteiger partial charge in [-0.15, -0.1) is 11.3 Å². The molecule has 0 aliphatic carbocycles. The molecule has 0 fully saturated rings. The maximum absolute atomic E-state index is 12.6. The van der Waals surface area contributed by atoms with Gasteiger partial charge in [0, 0.05) is 38.1 Å². The Morgan fingerprint density at radius 3 is 2.63 bits per heavy atom. The van der Waals surface area contributed by atoms with Crippen molar-refractivity contribution >= 4 is 28.7 Å². The number of hydrogen-bond acceptors (Lipinski definition) is 5. The van der Waals surface area contributed by atoms with Gasteiger partial charge in [0.15, 0.2) is 0 Å². The topological polar surface area (TPSA) is 62.3 Å². The van der Waals surface area contributed by atoms with Gasteiger partial charge in [0.1, 0.15) is 10.8 Å². The van der Waals surface area contributed by atoms with Gasteiger partial charge in [-0.05, 0) is 30.0 Å². The summed E-state index contributed by atoms with van der Waals surface area (Å²) < 4.78 is 0. The van der Waals surface area contributed by atoms with E-state index < -0.39 is 0 Å². The fourth-order valence-electron chi connectivity index (χ4n) is 3.03. The lowest BCUT2D eigenvalue weighted by molar-refractivity contribution is -0.120. The lowest BCUT2D eigenvalue weighted by atomic mass is 10.0. The van der Waals surface area contributed by atoms with Gasteiger partial charge in [0.25, 0.3) is 0 Å². The van der Waals surface area contributed by atoms with E-state index in [1.165, 1.54) is 16.9 Å². The zero-order valence-corrected chi connectivity index (χ0v) is 17.7. The third-order valence-electron chi connectivity index (χ3n) is 4.25. The quantitative estimate of drug-likeness (QED) is 0.718. The molecule has 2 rings (SSSR count). The molecular formula is C21H29N3O2S. The van der Waals surface area contributed by atoms with Crippen molar-refractivity contribution in [1.29, 1.82) is 0 Å². The van der Waals surface area contributed by atoms with Gasteiger partial charge < -0.3 is 10.2 Å². The van der Waals surface area contributed by atoms with Gasteiger partial charge in [-0.2, -0.15) is 0 Å². The monoisotopic (exact) mass is 387 g/mol. The van der Waals surface area contributed by atoms with Crippen LogP contribution >= 0.6 is 11.3 Å². The third-order valence-corrected chi connectivity index (χ3v) is 5.14. The van der Waals surface area contributed by atoms with Crippen LogP contribution in [0, 0.1) is 12.8 Å². The number of carbonyl (C=O) groups is 2. The number of ketones is 1. The predicted octanol–water partition coefficient (Wildman–Crippen LogP) is 3.19. The molecule has 1 N–H and O–H groups in total. The van der Waals surface area contributed by atoms with Crippen LogP contribution in [-0.2, 0) is 28.9 Å². The Hall–Kier alpha value is -2.21. The van der Waals surface area contributed by atoms with E-state index in [1.54, 1.807) is 7.05 Å². The molecule has 0 radical (unpaired) electrons. The number of nitrogens with one attached hydrogen (secondary N) is 1. The molecule has 0 saturated heterocycles. The summed E-state index contributed by atoms with van der Waals surface area (Å²) in [6.07, 6.45) is 0.950. The van der Waals surface area contributed by atoms with Crippen LogP contribution in [-0.4, -0.2) is 37.3 Å². The Balaban J connectivity index is 2.06. The van der Waals surface area contributed by atoms with Gasteiger partial charge >= 0.3 is 0 Å². The highest BCUT2D eigenvalue weighted by Crippen LogP contribution is 2.24. The van der Waals surface area contributed by atoms with Crippen molar-refractivity contribution in [2.75, 3.05) is 25.5 Å². The number of benzene rings is 1. The summed E-state index contributed by atoms with van der Waals surface area (Å²) in [5.74, 6) is 0.614. The van der Waals surface area contributed by atoms with E-state index in [-0.39, 0.29) is 18.1 Å². The molecule has 1 aromatic carbocycles. The van der Waals surface area contributed by atoms with Crippen molar-refractivity contribution in [2.24, 2.45) is 5.92 Å². The van der Waals surface area contributed by atoms with Crippen molar-refractivity contribution in [1.82, 2.24) is 10.3 Å². The average Bonchev–Trinajstić information content (AvgIpc) is 3.02. The van der Waals surface area contributed by atoms with E-state index >= 15 is 0 Å². The highest BCUT2D eigenvalue weighted by Gasteiger charge is 2.15. The number of hydrogen-bond donors (Lipinski definition) is 1. The summed E-state index contributed by atoms with van der Waals surface area (Å²) in [6.45, 7) is 7.40. The number of thiazole rings is 1. The highest BCUT2D eigenvalue weighted by atomic mass is 32.1. The van der Waals surface area contributed by atoms with Crippen LogP contribution in [0.25, 0.3) is 0 Å². The maximum Gasteiger partial charge on any atom is 0.225 e. The molecule has 0 aliphatic heterocycles.